The number of nitrogens with two attached hydrogens (primary N) is 1. The molecule has 0 aromatic carbocycles. The monoisotopic (exact) mass is 179 g/mol. The van der Waals surface area contributed by atoms with E-state index < -0.39 is 0 Å². The van der Waals surface area contributed by atoms with Crippen LogP contribution < -0.4 is 10.5 Å². The zero-order chi connectivity index (χ0) is 9.68. The van der Waals surface area contributed by atoms with Gasteiger partial charge in [0.05, 0.1) is 6.61 Å². The Morgan fingerprint density at radius 1 is 1.62 bits per heavy atom. The lowest BCUT2D eigenvalue weighted by atomic mass is 10.4. The van der Waals surface area contributed by atoms with Crippen LogP contribution in [0.5, 0.6) is 5.88 Å². The van der Waals surface area contributed by atoms with Gasteiger partial charge in [0.1, 0.15) is 11.6 Å². The summed E-state index contributed by atoms with van der Waals surface area (Å²) in [5.74, 6) is 1.57. The molecule has 0 saturated heterocycles. The molecule has 1 heterocycles. The van der Waals surface area contributed by atoms with Gasteiger partial charge < -0.3 is 10.5 Å². The summed E-state index contributed by atoms with van der Waals surface area (Å²) < 4.78 is 5.31. The number of rotatable bonds is 4. The first-order valence-corrected chi connectivity index (χ1v) is 4.07. The molecule has 1 aromatic rings. The Bertz CT molecular complexity index is 279. The van der Waals surface area contributed by atoms with Crippen molar-refractivity contribution in [2.75, 3.05) is 12.3 Å². The number of aromatic nitrogens is 2. The molecule has 0 aliphatic heterocycles. The Hall–Kier alpha value is -1.58. The van der Waals surface area contributed by atoms with Crippen LogP contribution in [0.3, 0.4) is 0 Å². The summed E-state index contributed by atoms with van der Waals surface area (Å²) >= 11 is 0. The van der Waals surface area contributed by atoms with Crippen molar-refractivity contribution in [1.82, 2.24) is 9.97 Å². The van der Waals surface area contributed by atoms with E-state index in [0.717, 1.165) is 6.42 Å². The van der Waals surface area contributed by atoms with Crippen LogP contribution in [-0.2, 0) is 0 Å². The second-order valence-corrected chi connectivity index (χ2v) is 2.60. The van der Waals surface area contributed by atoms with E-state index in [1.165, 1.54) is 0 Å². The van der Waals surface area contributed by atoms with Crippen molar-refractivity contribution in [2.24, 2.45) is 0 Å². The lowest BCUT2D eigenvalue weighted by molar-refractivity contribution is 0.311. The predicted molar refractivity (Wildman–Crippen MR) is 51.5 cm³/mol. The average Bonchev–Trinajstić information content (AvgIpc) is 2.03. The van der Waals surface area contributed by atoms with Crippen LogP contribution in [-0.4, -0.2) is 16.6 Å². The molecule has 0 fully saturated rings. The molecule has 13 heavy (non-hydrogen) atoms. The summed E-state index contributed by atoms with van der Waals surface area (Å²) in [6.45, 7) is 5.93. The summed E-state index contributed by atoms with van der Waals surface area (Å²) in [6.07, 6.45) is 2.58. The van der Waals surface area contributed by atoms with Gasteiger partial charge in [-0.3, -0.25) is 0 Å². The highest BCUT2D eigenvalue weighted by molar-refractivity contribution is 5.32. The molecule has 0 saturated carbocycles. The highest BCUT2D eigenvalue weighted by Gasteiger charge is 1.98. The van der Waals surface area contributed by atoms with Gasteiger partial charge in [-0.1, -0.05) is 6.08 Å². The minimum absolute atomic E-state index is 0.432. The number of aryl methyl sites for hydroxylation is 1. The van der Waals surface area contributed by atoms with Crippen LogP contribution in [0, 0.1) is 6.92 Å². The molecule has 70 valence electrons. The Balaban J connectivity index is 2.60. The third-order valence-electron chi connectivity index (χ3n) is 1.41. The summed E-state index contributed by atoms with van der Waals surface area (Å²) in [4.78, 5) is 7.99. The van der Waals surface area contributed by atoms with Gasteiger partial charge in [0.2, 0.25) is 5.88 Å². The van der Waals surface area contributed by atoms with Crippen LogP contribution in [0.25, 0.3) is 0 Å². The van der Waals surface area contributed by atoms with Crippen molar-refractivity contribution < 1.29 is 4.74 Å². The molecule has 0 aliphatic rings. The summed E-state index contributed by atoms with van der Waals surface area (Å²) in [5, 5.41) is 0. The first-order chi connectivity index (χ1) is 6.22. The Morgan fingerprint density at radius 2 is 2.38 bits per heavy atom. The lowest BCUT2D eigenvalue weighted by Crippen LogP contribution is -2.02. The maximum Gasteiger partial charge on any atom is 0.218 e. The minimum atomic E-state index is 0.432. The van der Waals surface area contributed by atoms with E-state index in [0.29, 0.717) is 24.1 Å². The zero-order valence-electron chi connectivity index (χ0n) is 7.66. The molecule has 2 N–H and O–H groups in total. The van der Waals surface area contributed by atoms with Gasteiger partial charge in [-0.15, -0.1) is 6.58 Å². The van der Waals surface area contributed by atoms with Gasteiger partial charge in [0, 0.05) is 6.07 Å². The quantitative estimate of drug-likeness (QED) is 0.559. The summed E-state index contributed by atoms with van der Waals surface area (Å²) in [5.41, 5.74) is 5.51. The van der Waals surface area contributed by atoms with Gasteiger partial charge >= 0.3 is 0 Å². The van der Waals surface area contributed by atoms with Gasteiger partial charge in [-0.25, -0.2) is 4.98 Å². The Morgan fingerprint density at radius 3 is 3.00 bits per heavy atom. The highest BCUT2D eigenvalue weighted by Crippen LogP contribution is 2.10. The molecule has 1 aromatic heterocycles. The van der Waals surface area contributed by atoms with Gasteiger partial charge in [-0.2, -0.15) is 4.98 Å². The summed E-state index contributed by atoms with van der Waals surface area (Å²) in [6, 6.07) is 1.61. The van der Waals surface area contributed by atoms with Gasteiger partial charge in [0.25, 0.3) is 0 Å². The molecular weight excluding hydrogens is 166 g/mol. The van der Waals surface area contributed by atoms with E-state index in [1.54, 1.807) is 19.1 Å². The molecule has 0 unspecified atom stereocenters. The number of nitrogen functional groups attached to an aromatic ring is 1. The van der Waals surface area contributed by atoms with Crippen molar-refractivity contribution in [3.05, 3.63) is 24.5 Å². The van der Waals surface area contributed by atoms with Gasteiger partial charge in [-0.05, 0) is 13.3 Å². The molecule has 4 nitrogen and oxygen atoms in total. The third kappa shape index (κ3) is 3.11. The molecule has 0 aliphatic carbocycles. The third-order valence-corrected chi connectivity index (χ3v) is 1.41. The molecule has 0 bridgehead atoms. The van der Waals surface area contributed by atoms with Crippen molar-refractivity contribution >= 4 is 5.82 Å². The zero-order valence-corrected chi connectivity index (χ0v) is 7.66. The number of ether oxygens (including phenoxy) is 1. The largest absolute Gasteiger partial charge is 0.477 e. The SMILES string of the molecule is C=CCCOc1cc(N)nc(C)n1. The lowest BCUT2D eigenvalue weighted by Gasteiger charge is -2.04. The van der Waals surface area contributed by atoms with Crippen molar-refractivity contribution in [1.29, 1.82) is 0 Å². The fourth-order valence-electron chi connectivity index (χ4n) is 0.883. The Kier molecular flexibility index (Phi) is 3.25. The van der Waals surface area contributed by atoms with Crippen LogP contribution in [0.4, 0.5) is 5.82 Å². The van der Waals surface area contributed by atoms with E-state index >= 15 is 0 Å². The maximum atomic E-state index is 5.51. The van der Waals surface area contributed by atoms with Crippen LogP contribution in [0.1, 0.15) is 12.2 Å². The Labute approximate surface area is 77.5 Å². The van der Waals surface area contributed by atoms with Gasteiger partial charge in [0.15, 0.2) is 0 Å². The molecule has 1 rings (SSSR count). The number of hydrogen-bond acceptors (Lipinski definition) is 4. The van der Waals surface area contributed by atoms with Crippen LogP contribution >= 0.6 is 0 Å². The fraction of sp³-hybridized carbons (Fsp3) is 0.333. The molecule has 0 radical (unpaired) electrons. The van der Waals surface area contributed by atoms with Crippen molar-refractivity contribution in [3.63, 3.8) is 0 Å². The maximum absolute atomic E-state index is 5.51. The fourth-order valence-corrected chi connectivity index (χ4v) is 0.883. The van der Waals surface area contributed by atoms with Crippen molar-refractivity contribution in [3.8, 4) is 5.88 Å². The smallest absolute Gasteiger partial charge is 0.218 e. The second-order valence-electron chi connectivity index (χ2n) is 2.60. The predicted octanol–water partition coefficient (Wildman–Crippen LogP) is 1.32. The first-order valence-electron chi connectivity index (χ1n) is 4.07. The number of anilines is 1. The second kappa shape index (κ2) is 4.45. The molecule has 0 spiro atoms. The van der Waals surface area contributed by atoms with E-state index in [2.05, 4.69) is 16.5 Å². The number of hydrogen-bond donors (Lipinski definition) is 1. The highest BCUT2D eigenvalue weighted by atomic mass is 16.5. The topological polar surface area (TPSA) is 61.0 Å². The molecule has 0 amide bonds. The standard InChI is InChI=1S/C9H13N3O/c1-3-4-5-13-9-6-8(10)11-7(2)12-9/h3,6H,1,4-5H2,2H3,(H2,10,11,12). The minimum Gasteiger partial charge on any atom is -0.477 e. The van der Waals surface area contributed by atoms with Crippen LogP contribution in [0.2, 0.25) is 0 Å². The van der Waals surface area contributed by atoms with E-state index in [-0.39, 0.29) is 0 Å². The van der Waals surface area contributed by atoms with E-state index in [1.807, 2.05) is 0 Å². The van der Waals surface area contributed by atoms with E-state index in [9.17, 15) is 0 Å². The number of nitrogens with zero attached hydrogens (tertiary/aromatic N) is 2. The van der Waals surface area contributed by atoms with E-state index in [4.69, 9.17) is 10.5 Å². The molecule has 0 atom stereocenters. The molecule has 4 heteroatoms. The van der Waals surface area contributed by atoms with Crippen LogP contribution in [0.15, 0.2) is 18.7 Å². The normalized spacial score (nSPS) is 9.62. The van der Waals surface area contributed by atoms with Crippen molar-refractivity contribution in [2.45, 2.75) is 13.3 Å². The average molecular weight is 179 g/mol. The summed E-state index contributed by atoms with van der Waals surface area (Å²) in [7, 11) is 0. The first kappa shape index (κ1) is 9.51. The molecular formula is C9H13N3O.